The average molecular weight is 511 g/mol. The average Bonchev–Trinajstić information content (AvgIpc) is 2.87. The summed E-state index contributed by atoms with van der Waals surface area (Å²) in [5.41, 5.74) is 2.48. The maximum Gasteiger partial charge on any atom is 0.367 e. The summed E-state index contributed by atoms with van der Waals surface area (Å²) in [6, 6.07) is 18.1. The number of ether oxygens (including phenoxy) is 2. The van der Waals surface area contributed by atoms with E-state index in [2.05, 4.69) is 45.3 Å². The van der Waals surface area contributed by atoms with E-state index in [1.807, 2.05) is 37.3 Å². The van der Waals surface area contributed by atoms with Crippen LogP contribution in [0.3, 0.4) is 0 Å². The zero-order chi connectivity index (χ0) is 26.9. The van der Waals surface area contributed by atoms with E-state index in [0.717, 1.165) is 18.7 Å². The van der Waals surface area contributed by atoms with Crippen molar-refractivity contribution in [1.29, 1.82) is 0 Å². The van der Waals surface area contributed by atoms with E-state index < -0.39 is 6.29 Å². The van der Waals surface area contributed by atoms with Crippen molar-refractivity contribution < 1.29 is 18.8 Å². The second kappa shape index (κ2) is 17.2. The molecule has 0 spiro atoms. The summed E-state index contributed by atoms with van der Waals surface area (Å²) >= 11 is 0. The molecule has 2 rings (SSSR count). The molecule has 0 aliphatic carbocycles. The van der Waals surface area contributed by atoms with Gasteiger partial charge in [-0.05, 0) is 37.5 Å². The van der Waals surface area contributed by atoms with Gasteiger partial charge in [0.15, 0.2) is 6.04 Å². The second-order valence-corrected chi connectivity index (χ2v) is 11.2. The quantitative estimate of drug-likeness (QED) is 0.0823. The first kappa shape index (κ1) is 30.9. The van der Waals surface area contributed by atoms with Crippen LogP contribution in [0, 0.1) is 0 Å². The molecule has 206 valence electrons. The summed E-state index contributed by atoms with van der Waals surface area (Å²) < 4.78 is 12.2. The Labute approximate surface area is 227 Å². The Balaban J connectivity index is 1.67. The number of nitrogens with zero attached hydrogens (tertiary/aromatic N) is 1. The molecule has 0 saturated carbocycles. The SMILES string of the molecule is CCCCCCCCCCCCCc1cccc(OC(C)OC(=O)C(C)[N+](C)(C)Cc2ccccc2)c1. The van der Waals surface area contributed by atoms with Gasteiger partial charge in [-0.25, -0.2) is 4.79 Å². The van der Waals surface area contributed by atoms with Crippen LogP contribution < -0.4 is 4.74 Å². The van der Waals surface area contributed by atoms with Crippen molar-refractivity contribution in [3.8, 4) is 5.75 Å². The number of unbranched alkanes of at least 4 members (excludes halogenated alkanes) is 10. The van der Waals surface area contributed by atoms with E-state index >= 15 is 0 Å². The van der Waals surface area contributed by atoms with E-state index in [-0.39, 0.29) is 12.0 Å². The van der Waals surface area contributed by atoms with Crippen LogP contribution >= 0.6 is 0 Å². The van der Waals surface area contributed by atoms with Crippen LogP contribution in [0.5, 0.6) is 5.75 Å². The van der Waals surface area contributed by atoms with E-state index in [4.69, 9.17) is 9.47 Å². The third-order valence-electron chi connectivity index (χ3n) is 7.37. The Kier molecular flexibility index (Phi) is 14.4. The lowest BCUT2D eigenvalue weighted by Crippen LogP contribution is -2.51. The molecule has 0 fully saturated rings. The Morgan fingerprint density at radius 1 is 0.757 bits per heavy atom. The smallest absolute Gasteiger partial charge is 0.367 e. The minimum atomic E-state index is -0.635. The van der Waals surface area contributed by atoms with Gasteiger partial charge in [-0.2, -0.15) is 0 Å². The number of hydrogen-bond donors (Lipinski definition) is 0. The number of carbonyl (C=O) groups is 1. The molecule has 0 heterocycles. The van der Waals surface area contributed by atoms with Gasteiger partial charge in [0, 0.05) is 12.5 Å². The molecule has 0 N–H and O–H groups in total. The summed E-state index contributed by atoms with van der Waals surface area (Å²) in [6.07, 6.45) is 15.3. The molecule has 4 heteroatoms. The van der Waals surface area contributed by atoms with Gasteiger partial charge in [-0.1, -0.05) is 114 Å². The fraction of sp³-hybridized carbons (Fsp3) is 0.606. The van der Waals surface area contributed by atoms with Gasteiger partial charge in [-0.15, -0.1) is 0 Å². The Morgan fingerprint density at radius 3 is 1.95 bits per heavy atom. The zero-order valence-corrected chi connectivity index (χ0v) is 24.2. The number of aryl methyl sites for hydroxylation is 1. The first-order valence-electron chi connectivity index (χ1n) is 14.6. The van der Waals surface area contributed by atoms with Crippen LogP contribution in [0.25, 0.3) is 0 Å². The number of hydrogen-bond acceptors (Lipinski definition) is 3. The van der Waals surface area contributed by atoms with Gasteiger partial charge in [0.1, 0.15) is 12.3 Å². The normalized spacial score (nSPS) is 13.2. The van der Waals surface area contributed by atoms with Gasteiger partial charge in [0.05, 0.1) is 14.1 Å². The molecular formula is C33H52NO3+. The topological polar surface area (TPSA) is 35.5 Å². The summed E-state index contributed by atoms with van der Waals surface area (Å²) in [4.78, 5) is 12.9. The third-order valence-corrected chi connectivity index (χ3v) is 7.37. The third kappa shape index (κ3) is 12.6. The number of rotatable bonds is 19. The molecule has 2 unspecified atom stereocenters. The number of benzene rings is 2. The molecule has 2 atom stereocenters. The summed E-state index contributed by atoms with van der Waals surface area (Å²) in [6.45, 7) is 6.74. The van der Waals surface area contributed by atoms with Crippen molar-refractivity contribution in [2.24, 2.45) is 0 Å². The van der Waals surface area contributed by atoms with E-state index in [1.165, 1.54) is 81.8 Å². The van der Waals surface area contributed by atoms with Crippen LogP contribution in [0.15, 0.2) is 54.6 Å². The monoisotopic (exact) mass is 510 g/mol. The maximum absolute atomic E-state index is 12.9. The summed E-state index contributed by atoms with van der Waals surface area (Å²) in [5.74, 6) is 0.511. The van der Waals surface area contributed by atoms with Gasteiger partial charge in [0.25, 0.3) is 0 Å². The highest BCUT2D eigenvalue weighted by Crippen LogP contribution is 2.20. The highest BCUT2D eigenvalue weighted by molar-refractivity contribution is 5.74. The number of likely N-dealkylation sites (N-methyl/N-ethyl adjacent to an activating group) is 1. The lowest BCUT2D eigenvalue weighted by atomic mass is 10.0. The van der Waals surface area contributed by atoms with E-state index in [9.17, 15) is 4.79 Å². The Hall–Kier alpha value is -2.33. The largest absolute Gasteiger partial charge is 0.455 e. The fourth-order valence-corrected chi connectivity index (χ4v) is 4.72. The Morgan fingerprint density at radius 2 is 1.32 bits per heavy atom. The molecule has 0 bridgehead atoms. The molecule has 0 radical (unpaired) electrons. The highest BCUT2D eigenvalue weighted by Gasteiger charge is 2.33. The molecular weight excluding hydrogens is 458 g/mol. The zero-order valence-electron chi connectivity index (χ0n) is 24.2. The molecule has 0 aromatic heterocycles. The predicted octanol–water partition coefficient (Wildman–Crippen LogP) is 8.47. The van der Waals surface area contributed by atoms with Crippen molar-refractivity contribution in [3.05, 3.63) is 65.7 Å². The first-order valence-corrected chi connectivity index (χ1v) is 14.6. The Bertz CT molecular complexity index is 880. The van der Waals surface area contributed by atoms with Crippen molar-refractivity contribution >= 4 is 5.97 Å². The lowest BCUT2D eigenvalue weighted by Gasteiger charge is -2.35. The second-order valence-electron chi connectivity index (χ2n) is 11.2. The van der Waals surface area contributed by atoms with Crippen LogP contribution in [0.1, 0.15) is 103 Å². The van der Waals surface area contributed by atoms with Crippen LogP contribution in [-0.2, 0) is 22.5 Å². The molecule has 0 aliphatic heterocycles. The fourth-order valence-electron chi connectivity index (χ4n) is 4.72. The molecule has 4 nitrogen and oxygen atoms in total. The van der Waals surface area contributed by atoms with Gasteiger partial charge in [-0.3, -0.25) is 0 Å². The number of quaternary nitrogens is 1. The van der Waals surface area contributed by atoms with E-state index in [1.54, 1.807) is 6.92 Å². The van der Waals surface area contributed by atoms with Crippen molar-refractivity contribution in [3.63, 3.8) is 0 Å². The first-order chi connectivity index (χ1) is 17.8. The number of carbonyl (C=O) groups excluding carboxylic acids is 1. The molecule has 0 saturated heterocycles. The summed E-state index contributed by atoms with van der Waals surface area (Å²) in [7, 11) is 4.12. The van der Waals surface area contributed by atoms with Gasteiger partial charge >= 0.3 is 5.97 Å². The van der Waals surface area contributed by atoms with Gasteiger partial charge < -0.3 is 14.0 Å². The maximum atomic E-state index is 12.9. The van der Waals surface area contributed by atoms with Crippen molar-refractivity contribution in [1.82, 2.24) is 0 Å². The molecule has 2 aromatic rings. The van der Waals surface area contributed by atoms with Crippen LogP contribution in [-0.4, -0.2) is 36.9 Å². The predicted molar refractivity (Wildman–Crippen MR) is 155 cm³/mol. The minimum Gasteiger partial charge on any atom is -0.455 e. The standard InChI is InChI=1S/C33H52NO3/c1-6-7-8-9-10-11-12-13-14-15-17-21-30-24-20-25-32(26-30)36-29(3)37-33(35)28(2)34(4,5)27-31-22-18-16-19-23-31/h16,18-20,22-26,28-29H,6-15,17,21,27H2,1-5H3/q+1. The van der Waals surface area contributed by atoms with E-state index in [0.29, 0.717) is 4.48 Å². The number of esters is 1. The molecule has 37 heavy (non-hydrogen) atoms. The minimum absolute atomic E-state index is 0.245. The van der Waals surface area contributed by atoms with Gasteiger partial charge in [0.2, 0.25) is 6.29 Å². The van der Waals surface area contributed by atoms with Crippen LogP contribution in [0.2, 0.25) is 0 Å². The molecule has 0 amide bonds. The molecule has 0 aliphatic rings. The lowest BCUT2D eigenvalue weighted by molar-refractivity contribution is -0.917. The van der Waals surface area contributed by atoms with Crippen molar-refractivity contribution in [2.75, 3.05) is 14.1 Å². The summed E-state index contributed by atoms with van der Waals surface area (Å²) in [5, 5.41) is 0. The van der Waals surface area contributed by atoms with Crippen LogP contribution in [0.4, 0.5) is 0 Å². The highest BCUT2D eigenvalue weighted by atomic mass is 16.7. The molecule has 2 aromatic carbocycles. The van der Waals surface area contributed by atoms with Crippen molar-refractivity contribution in [2.45, 2.75) is 117 Å².